The lowest BCUT2D eigenvalue weighted by Crippen LogP contribution is -2.27. The Morgan fingerprint density at radius 1 is 1.15 bits per heavy atom. The summed E-state index contributed by atoms with van der Waals surface area (Å²) in [5.41, 5.74) is 1.35. The van der Waals surface area contributed by atoms with Crippen molar-refractivity contribution in [3.05, 3.63) is 35.9 Å². The fourth-order valence-corrected chi connectivity index (χ4v) is 2.93. The van der Waals surface area contributed by atoms with Crippen molar-refractivity contribution in [3.63, 3.8) is 0 Å². The van der Waals surface area contributed by atoms with E-state index < -0.39 is 0 Å². The summed E-state index contributed by atoms with van der Waals surface area (Å²) in [6, 6.07) is 11.0. The van der Waals surface area contributed by atoms with Crippen LogP contribution in [0.25, 0.3) is 0 Å². The van der Waals surface area contributed by atoms with Gasteiger partial charge in [0.25, 0.3) is 0 Å². The SMILES string of the molecule is CNC(CCN1CC(OC)C(OC)C1)c1ccccc1. The van der Waals surface area contributed by atoms with Crippen LogP contribution >= 0.6 is 0 Å². The van der Waals surface area contributed by atoms with E-state index in [4.69, 9.17) is 9.47 Å². The Hall–Kier alpha value is -0.940. The average Bonchev–Trinajstić information content (AvgIpc) is 2.91. The largest absolute Gasteiger partial charge is 0.377 e. The number of hydrogen-bond acceptors (Lipinski definition) is 4. The lowest BCUT2D eigenvalue weighted by molar-refractivity contribution is -0.00461. The van der Waals surface area contributed by atoms with E-state index in [0.717, 1.165) is 26.1 Å². The molecule has 112 valence electrons. The first kappa shape index (κ1) is 15.4. The van der Waals surface area contributed by atoms with E-state index in [1.807, 2.05) is 7.05 Å². The van der Waals surface area contributed by atoms with Gasteiger partial charge < -0.3 is 14.8 Å². The Morgan fingerprint density at radius 2 is 1.75 bits per heavy atom. The normalized spacial score (nSPS) is 24.9. The van der Waals surface area contributed by atoms with Gasteiger partial charge in [0.1, 0.15) is 0 Å². The molecule has 1 heterocycles. The van der Waals surface area contributed by atoms with E-state index in [0.29, 0.717) is 6.04 Å². The topological polar surface area (TPSA) is 33.7 Å². The third-order valence-corrected chi connectivity index (χ3v) is 4.18. The van der Waals surface area contributed by atoms with Crippen LogP contribution in [0, 0.1) is 0 Å². The van der Waals surface area contributed by atoms with E-state index in [-0.39, 0.29) is 12.2 Å². The van der Waals surface area contributed by atoms with Crippen LogP contribution in [0.3, 0.4) is 0 Å². The summed E-state index contributed by atoms with van der Waals surface area (Å²) in [6.45, 7) is 2.97. The minimum absolute atomic E-state index is 0.199. The molecule has 1 aromatic rings. The third-order valence-electron chi connectivity index (χ3n) is 4.18. The molecule has 1 N–H and O–H groups in total. The summed E-state index contributed by atoms with van der Waals surface area (Å²) in [6.07, 6.45) is 1.49. The second-order valence-corrected chi connectivity index (χ2v) is 5.35. The zero-order valence-electron chi connectivity index (χ0n) is 12.7. The average molecular weight is 278 g/mol. The van der Waals surface area contributed by atoms with Crippen molar-refractivity contribution in [2.24, 2.45) is 0 Å². The molecule has 4 nitrogen and oxygen atoms in total. The first-order valence-electron chi connectivity index (χ1n) is 7.28. The summed E-state index contributed by atoms with van der Waals surface area (Å²) in [5, 5.41) is 3.40. The molecule has 0 spiro atoms. The highest BCUT2D eigenvalue weighted by Gasteiger charge is 2.32. The number of rotatable bonds is 7. The third kappa shape index (κ3) is 3.79. The molecule has 2 rings (SSSR count). The summed E-state index contributed by atoms with van der Waals surface area (Å²) in [4.78, 5) is 2.43. The number of methoxy groups -OCH3 is 2. The first-order valence-corrected chi connectivity index (χ1v) is 7.28. The second-order valence-electron chi connectivity index (χ2n) is 5.35. The fourth-order valence-electron chi connectivity index (χ4n) is 2.93. The van der Waals surface area contributed by atoms with Crippen LogP contribution in [0.4, 0.5) is 0 Å². The van der Waals surface area contributed by atoms with E-state index >= 15 is 0 Å². The highest BCUT2D eigenvalue weighted by atomic mass is 16.5. The van der Waals surface area contributed by atoms with Crippen molar-refractivity contribution in [1.82, 2.24) is 10.2 Å². The number of likely N-dealkylation sites (tertiary alicyclic amines) is 1. The highest BCUT2D eigenvalue weighted by molar-refractivity contribution is 5.18. The number of ether oxygens (including phenoxy) is 2. The number of hydrogen-bond donors (Lipinski definition) is 1. The van der Waals surface area contributed by atoms with Gasteiger partial charge in [-0.15, -0.1) is 0 Å². The predicted molar refractivity (Wildman–Crippen MR) is 80.9 cm³/mol. The molecule has 0 saturated carbocycles. The molecule has 3 atom stereocenters. The van der Waals surface area contributed by atoms with Crippen LogP contribution in [0.5, 0.6) is 0 Å². The molecule has 0 bridgehead atoms. The van der Waals surface area contributed by atoms with Crippen LogP contribution in [0.1, 0.15) is 18.0 Å². The molecule has 1 saturated heterocycles. The smallest absolute Gasteiger partial charge is 0.0971 e. The molecule has 0 aliphatic carbocycles. The highest BCUT2D eigenvalue weighted by Crippen LogP contribution is 2.20. The molecular weight excluding hydrogens is 252 g/mol. The Labute approximate surface area is 122 Å². The second kappa shape index (κ2) is 7.74. The molecular formula is C16H26N2O2. The molecule has 0 radical (unpaired) electrons. The van der Waals surface area contributed by atoms with Crippen molar-refractivity contribution in [2.75, 3.05) is 40.9 Å². The maximum absolute atomic E-state index is 5.48. The lowest BCUT2D eigenvalue weighted by Gasteiger charge is -2.21. The monoisotopic (exact) mass is 278 g/mol. The first-order chi connectivity index (χ1) is 9.78. The lowest BCUT2D eigenvalue weighted by atomic mass is 10.0. The van der Waals surface area contributed by atoms with Gasteiger partial charge in [0.05, 0.1) is 12.2 Å². The van der Waals surface area contributed by atoms with Crippen LogP contribution < -0.4 is 5.32 Å². The molecule has 3 unspecified atom stereocenters. The van der Waals surface area contributed by atoms with Crippen molar-refractivity contribution in [3.8, 4) is 0 Å². The number of benzene rings is 1. The van der Waals surface area contributed by atoms with Gasteiger partial charge in [-0.3, -0.25) is 4.90 Å². The van der Waals surface area contributed by atoms with E-state index in [1.54, 1.807) is 14.2 Å². The summed E-state index contributed by atoms with van der Waals surface area (Å²) >= 11 is 0. The number of nitrogens with one attached hydrogen (secondary N) is 1. The van der Waals surface area contributed by atoms with Crippen LogP contribution in [-0.4, -0.2) is 58.0 Å². The van der Waals surface area contributed by atoms with Gasteiger partial charge in [0, 0.05) is 39.9 Å². The van der Waals surface area contributed by atoms with Gasteiger partial charge in [-0.2, -0.15) is 0 Å². The minimum Gasteiger partial charge on any atom is -0.377 e. The Morgan fingerprint density at radius 3 is 2.25 bits per heavy atom. The van der Waals surface area contributed by atoms with Gasteiger partial charge in [0.15, 0.2) is 0 Å². The molecule has 20 heavy (non-hydrogen) atoms. The Bertz CT molecular complexity index is 373. The molecule has 0 amide bonds. The van der Waals surface area contributed by atoms with Gasteiger partial charge in [-0.1, -0.05) is 30.3 Å². The maximum Gasteiger partial charge on any atom is 0.0971 e. The van der Waals surface area contributed by atoms with Gasteiger partial charge in [0.2, 0.25) is 0 Å². The predicted octanol–water partition coefficient (Wildman–Crippen LogP) is 1.68. The van der Waals surface area contributed by atoms with Gasteiger partial charge in [-0.05, 0) is 19.0 Å². The van der Waals surface area contributed by atoms with Crippen molar-refractivity contribution in [1.29, 1.82) is 0 Å². The molecule has 4 heteroatoms. The van der Waals surface area contributed by atoms with E-state index in [1.165, 1.54) is 5.56 Å². The Kier molecular flexibility index (Phi) is 5.98. The molecule has 0 aromatic heterocycles. The number of nitrogens with zero attached hydrogens (tertiary/aromatic N) is 1. The van der Waals surface area contributed by atoms with Crippen molar-refractivity contribution in [2.45, 2.75) is 24.7 Å². The molecule has 1 aliphatic heterocycles. The van der Waals surface area contributed by atoms with E-state index in [9.17, 15) is 0 Å². The zero-order valence-corrected chi connectivity index (χ0v) is 12.7. The van der Waals surface area contributed by atoms with Crippen LogP contribution in [0.2, 0.25) is 0 Å². The van der Waals surface area contributed by atoms with Gasteiger partial charge in [-0.25, -0.2) is 0 Å². The Balaban J connectivity index is 1.85. The molecule has 1 aromatic carbocycles. The minimum atomic E-state index is 0.199. The van der Waals surface area contributed by atoms with Gasteiger partial charge >= 0.3 is 0 Å². The van der Waals surface area contributed by atoms with E-state index in [2.05, 4.69) is 40.5 Å². The van der Waals surface area contributed by atoms with Crippen molar-refractivity contribution < 1.29 is 9.47 Å². The summed E-state index contributed by atoms with van der Waals surface area (Å²) in [5.74, 6) is 0. The summed E-state index contributed by atoms with van der Waals surface area (Å²) < 4.78 is 11.0. The quantitative estimate of drug-likeness (QED) is 0.823. The summed E-state index contributed by atoms with van der Waals surface area (Å²) in [7, 11) is 5.55. The zero-order chi connectivity index (χ0) is 14.4. The standard InChI is InChI=1S/C16H26N2O2/c1-17-14(13-7-5-4-6-8-13)9-10-18-11-15(19-2)16(12-18)20-3/h4-8,14-17H,9-12H2,1-3H3. The van der Waals surface area contributed by atoms with Crippen molar-refractivity contribution >= 4 is 0 Å². The maximum atomic E-state index is 5.48. The fraction of sp³-hybridized carbons (Fsp3) is 0.625. The van der Waals surface area contributed by atoms with Crippen LogP contribution in [-0.2, 0) is 9.47 Å². The molecule has 1 fully saturated rings. The van der Waals surface area contributed by atoms with Crippen LogP contribution in [0.15, 0.2) is 30.3 Å². The molecule has 1 aliphatic rings.